The van der Waals surface area contributed by atoms with Crippen molar-refractivity contribution >= 4 is 11.5 Å². The molecule has 0 saturated carbocycles. The van der Waals surface area contributed by atoms with Crippen LogP contribution in [-0.2, 0) is 4.74 Å². The molecule has 1 aromatic rings. The SMILES string of the molecule is Cc1cnc(NCCC2CCCCO2)c([N+](=O)[O-])c1. The van der Waals surface area contributed by atoms with E-state index >= 15 is 0 Å². The van der Waals surface area contributed by atoms with E-state index in [1.54, 1.807) is 13.1 Å². The Morgan fingerprint density at radius 1 is 1.58 bits per heavy atom. The lowest BCUT2D eigenvalue weighted by Crippen LogP contribution is -2.22. The van der Waals surface area contributed by atoms with E-state index in [2.05, 4.69) is 10.3 Å². The van der Waals surface area contributed by atoms with Crippen LogP contribution in [-0.4, -0.2) is 29.2 Å². The zero-order valence-electron chi connectivity index (χ0n) is 11.1. The Morgan fingerprint density at radius 3 is 3.11 bits per heavy atom. The molecule has 1 aliphatic heterocycles. The first-order valence-electron chi connectivity index (χ1n) is 6.63. The highest BCUT2D eigenvalue weighted by atomic mass is 16.6. The topological polar surface area (TPSA) is 77.3 Å². The minimum atomic E-state index is -0.403. The smallest absolute Gasteiger partial charge is 0.311 e. The van der Waals surface area contributed by atoms with E-state index in [-0.39, 0.29) is 11.8 Å². The summed E-state index contributed by atoms with van der Waals surface area (Å²) in [5, 5.41) is 14.0. The summed E-state index contributed by atoms with van der Waals surface area (Å²) in [5.41, 5.74) is 0.817. The van der Waals surface area contributed by atoms with Crippen LogP contribution in [0.1, 0.15) is 31.2 Å². The maximum Gasteiger partial charge on any atom is 0.311 e. The fourth-order valence-corrected chi connectivity index (χ4v) is 2.22. The Kier molecular flexibility index (Phi) is 4.68. The van der Waals surface area contributed by atoms with E-state index in [1.807, 2.05) is 0 Å². The van der Waals surface area contributed by atoms with Crippen LogP contribution in [0.4, 0.5) is 11.5 Å². The molecule has 1 aromatic heterocycles. The molecule has 2 rings (SSSR count). The van der Waals surface area contributed by atoms with Gasteiger partial charge in [-0.25, -0.2) is 4.98 Å². The van der Waals surface area contributed by atoms with Gasteiger partial charge >= 0.3 is 5.69 Å². The van der Waals surface area contributed by atoms with Crippen LogP contribution in [0.25, 0.3) is 0 Å². The van der Waals surface area contributed by atoms with E-state index in [4.69, 9.17) is 4.74 Å². The van der Waals surface area contributed by atoms with Crippen LogP contribution >= 0.6 is 0 Å². The Balaban J connectivity index is 1.89. The molecule has 1 fully saturated rings. The first kappa shape index (κ1) is 13.7. The van der Waals surface area contributed by atoms with Crippen molar-refractivity contribution in [2.45, 2.75) is 38.7 Å². The van der Waals surface area contributed by atoms with Gasteiger partial charge in [-0.1, -0.05) is 0 Å². The second-order valence-electron chi connectivity index (χ2n) is 4.84. The molecule has 0 bridgehead atoms. The second kappa shape index (κ2) is 6.47. The molecule has 6 nitrogen and oxygen atoms in total. The fraction of sp³-hybridized carbons (Fsp3) is 0.615. The molecule has 1 aliphatic rings. The third-order valence-corrected chi connectivity index (χ3v) is 3.23. The van der Waals surface area contributed by atoms with E-state index in [1.165, 1.54) is 12.5 Å². The standard InChI is InChI=1S/C13H19N3O3/c1-10-8-12(16(17)18)13(15-9-10)14-6-5-11-4-2-3-7-19-11/h8-9,11H,2-7H2,1H3,(H,14,15). The summed E-state index contributed by atoms with van der Waals surface area (Å²) in [7, 11) is 0. The lowest BCUT2D eigenvalue weighted by atomic mass is 10.1. The van der Waals surface area contributed by atoms with Crippen LogP contribution in [0.2, 0.25) is 0 Å². The predicted molar refractivity (Wildman–Crippen MR) is 72.3 cm³/mol. The molecular formula is C13H19N3O3. The molecule has 2 heterocycles. The summed E-state index contributed by atoms with van der Waals surface area (Å²) < 4.78 is 5.62. The summed E-state index contributed by atoms with van der Waals surface area (Å²) in [6.07, 6.45) is 6.16. The first-order chi connectivity index (χ1) is 9.16. The van der Waals surface area contributed by atoms with Gasteiger partial charge in [-0.05, 0) is 38.2 Å². The minimum absolute atomic E-state index is 0.0320. The van der Waals surface area contributed by atoms with Crippen molar-refractivity contribution < 1.29 is 9.66 Å². The molecule has 1 N–H and O–H groups in total. The number of nitrogens with one attached hydrogen (secondary N) is 1. The molecular weight excluding hydrogens is 246 g/mol. The lowest BCUT2D eigenvalue weighted by Gasteiger charge is -2.22. The van der Waals surface area contributed by atoms with Crippen LogP contribution in [0.5, 0.6) is 0 Å². The number of rotatable bonds is 5. The summed E-state index contributed by atoms with van der Waals surface area (Å²) in [6.45, 7) is 3.26. The van der Waals surface area contributed by atoms with Gasteiger partial charge in [0.1, 0.15) is 0 Å². The van der Waals surface area contributed by atoms with Crippen LogP contribution in [0, 0.1) is 17.0 Å². The highest BCUT2D eigenvalue weighted by Crippen LogP contribution is 2.23. The molecule has 104 valence electrons. The molecule has 19 heavy (non-hydrogen) atoms. The fourth-order valence-electron chi connectivity index (χ4n) is 2.22. The number of hydrogen-bond donors (Lipinski definition) is 1. The van der Waals surface area contributed by atoms with E-state index in [9.17, 15) is 10.1 Å². The number of nitrogens with zero attached hydrogens (tertiary/aromatic N) is 2. The summed E-state index contributed by atoms with van der Waals surface area (Å²) >= 11 is 0. The highest BCUT2D eigenvalue weighted by Gasteiger charge is 2.17. The largest absolute Gasteiger partial charge is 0.378 e. The maximum absolute atomic E-state index is 10.9. The monoisotopic (exact) mass is 265 g/mol. The summed E-state index contributed by atoms with van der Waals surface area (Å²) in [6, 6.07) is 1.53. The van der Waals surface area contributed by atoms with Crippen LogP contribution < -0.4 is 5.32 Å². The van der Waals surface area contributed by atoms with E-state index in [0.717, 1.165) is 31.4 Å². The number of anilines is 1. The van der Waals surface area contributed by atoms with Gasteiger partial charge in [-0.15, -0.1) is 0 Å². The van der Waals surface area contributed by atoms with Gasteiger partial charge < -0.3 is 10.1 Å². The van der Waals surface area contributed by atoms with Gasteiger partial charge in [0.2, 0.25) is 5.82 Å². The van der Waals surface area contributed by atoms with Crippen molar-refractivity contribution in [2.75, 3.05) is 18.5 Å². The Hall–Kier alpha value is -1.69. The zero-order valence-corrected chi connectivity index (χ0v) is 11.1. The van der Waals surface area contributed by atoms with Gasteiger partial charge in [-0.2, -0.15) is 0 Å². The van der Waals surface area contributed by atoms with Crippen molar-refractivity contribution in [2.24, 2.45) is 0 Å². The predicted octanol–water partition coefficient (Wildman–Crippen LogP) is 2.67. The molecule has 1 atom stereocenters. The Bertz CT molecular complexity index is 445. The average molecular weight is 265 g/mol. The van der Waals surface area contributed by atoms with Crippen LogP contribution in [0.15, 0.2) is 12.3 Å². The third kappa shape index (κ3) is 3.89. The minimum Gasteiger partial charge on any atom is -0.378 e. The molecule has 0 aromatic carbocycles. The highest BCUT2D eigenvalue weighted by molar-refractivity contribution is 5.56. The maximum atomic E-state index is 10.9. The lowest BCUT2D eigenvalue weighted by molar-refractivity contribution is -0.384. The van der Waals surface area contributed by atoms with Gasteiger partial charge in [0.05, 0.1) is 11.0 Å². The zero-order chi connectivity index (χ0) is 13.7. The third-order valence-electron chi connectivity index (χ3n) is 3.23. The molecule has 0 radical (unpaired) electrons. The molecule has 0 amide bonds. The van der Waals surface area contributed by atoms with Gasteiger partial charge in [0, 0.05) is 25.4 Å². The molecule has 1 saturated heterocycles. The van der Waals surface area contributed by atoms with Crippen molar-refractivity contribution in [3.63, 3.8) is 0 Å². The van der Waals surface area contributed by atoms with Crippen molar-refractivity contribution in [3.8, 4) is 0 Å². The summed E-state index contributed by atoms with van der Waals surface area (Å²) in [5.74, 6) is 0.339. The van der Waals surface area contributed by atoms with E-state index in [0.29, 0.717) is 12.4 Å². The van der Waals surface area contributed by atoms with Gasteiger partial charge in [-0.3, -0.25) is 10.1 Å². The average Bonchev–Trinajstić information content (AvgIpc) is 2.41. The Labute approximate surface area is 112 Å². The van der Waals surface area contributed by atoms with Crippen molar-refractivity contribution in [1.82, 2.24) is 4.98 Å². The number of ether oxygens (including phenoxy) is 1. The van der Waals surface area contributed by atoms with Crippen molar-refractivity contribution in [3.05, 3.63) is 27.9 Å². The first-order valence-corrected chi connectivity index (χ1v) is 6.63. The van der Waals surface area contributed by atoms with Gasteiger partial charge in [0.25, 0.3) is 0 Å². The Morgan fingerprint density at radius 2 is 2.42 bits per heavy atom. The molecule has 1 unspecified atom stereocenters. The van der Waals surface area contributed by atoms with Crippen molar-refractivity contribution in [1.29, 1.82) is 0 Å². The summed E-state index contributed by atoms with van der Waals surface area (Å²) in [4.78, 5) is 14.6. The van der Waals surface area contributed by atoms with Crippen LogP contribution in [0.3, 0.4) is 0 Å². The number of aryl methyl sites for hydroxylation is 1. The second-order valence-corrected chi connectivity index (χ2v) is 4.84. The van der Waals surface area contributed by atoms with E-state index < -0.39 is 4.92 Å². The molecule has 6 heteroatoms. The number of hydrogen-bond acceptors (Lipinski definition) is 5. The quantitative estimate of drug-likeness (QED) is 0.654. The number of aromatic nitrogens is 1. The number of pyridine rings is 1. The molecule has 0 spiro atoms. The number of nitro groups is 1. The van der Waals surface area contributed by atoms with Gasteiger partial charge in [0.15, 0.2) is 0 Å². The normalized spacial score (nSPS) is 19.1. The molecule has 0 aliphatic carbocycles.